The van der Waals surface area contributed by atoms with Crippen LogP contribution in [-0.2, 0) is 25.3 Å². The highest BCUT2D eigenvalue weighted by Crippen LogP contribution is 2.31. The fourth-order valence-corrected chi connectivity index (χ4v) is 2.45. The number of piperazine rings is 1. The van der Waals surface area contributed by atoms with Gasteiger partial charge in [0.2, 0.25) is 5.91 Å². The Balaban J connectivity index is 2.03. The molecule has 1 aromatic carbocycles. The quantitative estimate of drug-likeness (QED) is 0.777. The lowest BCUT2D eigenvalue weighted by Crippen LogP contribution is -2.58. The third-order valence-electron chi connectivity index (χ3n) is 3.76. The Bertz CT molecular complexity index is 693. The summed E-state index contributed by atoms with van der Waals surface area (Å²) in [4.78, 5) is 36.8. The van der Waals surface area contributed by atoms with Crippen LogP contribution in [0.4, 0.5) is 13.2 Å². The number of carbonyl (C=O) groups is 3. The van der Waals surface area contributed by atoms with Crippen LogP contribution in [0.3, 0.4) is 0 Å². The minimum absolute atomic E-state index is 0.126. The van der Waals surface area contributed by atoms with E-state index in [1.54, 1.807) is 0 Å². The van der Waals surface area contributed by atoms with Gasteiger partial charge in [-0.3, -0.25) is 14.4 Å². The van der Waals surface area contributed by atoms with Crippen molar-refractivity contribution in [3.63, 3.8) is 0 Å². The summed E-state index contributed by atoms with van der Waals surface area (Å²) in [5, 5.41) is 2.54. The van der Waals surface area contributed by atoms with Crippen LogP contribution in [0.15, 0.2) is 24.3 Å². The largest absolute Gasteiger partial charge is 0.484 e. The van der Waals surface area contributed by atoms with Crippen molar-refractivity contribution < 1.29 is 37.0 Å². The lowest BCUT2D eigenvalue weighted by atomic mass is 10.1. The summed E-state index contributed by atoms with van der Waals surface area (Å²) < 4.78 is 47.7. The van der Waals surface area contributed by atoms with Gasteiger partial charge in [-0.05, 0) is 18.2 Å². The van der Waals surface area contributed by atoms with Gasteiger partial charge in [0.25, 0.3) is 5.91 Å². The Hall–Kier alpha value is -2.78. The van der Waals surface area contributed by atoms with Gasteiger partial charge in [-0.25, -0.2) is 0 Å². The van der Waals surface area contributed by atoms with Gasteiger partial charge in [-0.15, -0.1) is 0 Å². The van der Waals surface area contributed by atoms with E-state index in [2.05, 4.69) is 10.1 Å². The van der Waals surface area contributed by atoms with E-state index >= 15 is 0 Å². The average molecular weight is 374 g/mol. The molecule has 0 radical (unpaired) electrons. The molecule has 0 spiro atoms. The average Bonchev–Trinajstić information content (AvgIpc) is 2.60. The van der Waals surface area contributed by atoms with Crippen molar-refractivity contribution in [1.82, 2.24) is 10.2 Å². The summed E-state index contributed by atoms with van der Waals surface area (Å²) in [7, 11) is 1.16. The molecule has 1 aromatic rings. The first kappa shape index (κ1) is 19.5. The summed E-state index contributed by atoms with van der Waals surface area (Å²) in [6.07, 6.45) is -4.85. The number of ether oxygens (including phenoxy) is 2. The molecule has 0 bridgehead atoms. The highest BCUT2D eigenvalue weighted by atomic mass is 19.4. The SMILES string of the molecule is COC(=O)CC1C(=O)NCCN1C(=O)COc1cccc(C(F)(F)F)c1. The molecule has 2 amide bonds. The van der Waals surface area contributed by atoms with Crippen LogP contribution in [0.5, 0.6) is 5.75 Å². The number of halogens is 3. The third-order valence-corrected chi connectivity index (χ3v) is 3.76. The Morgan fingerprint density at radius 2 is 2.08 bits per heavy atom. The number of nitrogens with one attached hydrogen (secondary N) is 1. The van der Waals surface area contributed by atoms with Gasteiger partial charge in [-0.1, -0.05) is 6.07 Å². The topological polar surface area (TPSA) is 84.9 Å². The van der Waals surface area contributed by atoms with E-state index in [4.69, 9.17) is 4.74 Å². The number of nitrogens with zero attached hydrogens (tertiary/aromatic N) is 1. The number of benzene rings is 1. The third kappa shape index (κ3) is 4.87. The number of hydrogen-bond donors (Lipinski definition) is 1. The van der Waals surface area contributed by atoms with Crippen LogP contribution in [0.1, 0.15) is 12.0 Å². The van der Waals surface area contributed by atoms with Crippen molar-refractivity contribution in [3.05, 3.63) is 29.8 Å². The van der Waals surface area contributed by atoms with Crippen molar-refractivity contribution in [2.45, 2.75) is 18.6 Å². The molecule has 1 aliphatic rings. The van der Waals surface area contributed by atoms with E-state index < -0.39 is 42.2 Å². The minimum Gasteiger partial charge on any atom is -0.484 e. The number of esters is 1. The fourth-order valence-electron chi connectivity index (χ4n) is 2.45. The summed E-state index contributed by atoms with van der Waals surface area (Å²) >= 11 is 0. The first-order valence-corrected chi connectivity index (χ1v) is 7.66. The second-order valence-corrected chi connectivity index (χ2v) is 5.49. The van der Waals surface area contributed by atoms with Gasteiger partial charge < -0.3 is 19.7 Å². The summed E-state index contributed by atoms with van der Waals surface area (Å²) in [6, 6.07) is 3.07. The number of methoxy groups -OCH3 is 1. The number of rotatable bonds is 5. The first-order chi connectivity index (χ1) is 12.2. The molecule has 0 aliphatic carbocycles. The van der Waals surface area contributed by atoms with E-state index in [1.807, 2.05) is 0 Å². The normalized spacial score (nSPS) is 17.5. The molecule has 0 saturated carbocycles. The lowest BCUT2D eigenvalue weighted by Gasteiger charge is -2.34. The molecule has 142 valence electrons. The second kappa shape index (κ2) is 8.07. The maximum atomic E-state index is 12.7. The molecule has 1 N–H and O–H groups in total. The summed E-state index contributed by atoms with van der Waals surface area (Å²) in [5.74, 6) is -1.91. The molecule has 7 nitrogen and oxygen atoms in total. The van der Waals surface area contributed by atoms with Crippen molar-refractivity contribution in [3.8, 4) is 5.75 Å². The molecule has 1 heterocycles. The Labute approximate surface area is 147 Å². The van der Waals surface area contributed by atoms with Gasteiger partial charge in [0, 0.05) is 13.1 Å². The van der Waals surface area contributed by atoms with Crippen LogP contribution < -0.4 is 10.1 Å². The van der Waals surface area contributed by atoms with Crippen molar-refractivity contribution in [2.24, 2.45) is 0 Å². The van der Waals surface area contributed by atoms with Gasteiger partial charge in [0.1, 0.15) is 11.8 Å². The molecule has 10 heteroatoms. The van der Waals surface area contributed by atoms with E-state index in [9.17, 15) is 27.6 Å². The molecule has 1 unspecified atom stereocenters. The van der Waals surface area contributed by atoms with Crippen LogP contribution in [0, 0.1) is 0 Å². The first-order valence-electron chi connectivity index (χ1n) is 7.66. The molecule has 26 heavy (non-hydrogen) atoms. The standard InChI is InChI=1S/C16H17F3N2O5/c1-25-14(23)8-12-15(24)20-5-6-21(12)13(22)9-26-11-4-2-3-10(7-11)16(17,18)19/h2-4,7,12H,5-6,8-9H2,1H3,(H,20,24). The van der Waals surface area contributed by atoms with E-state index in [1.165, 1.54) is 6.07 Å². The Kier molecular flexibility index (Phi) is 6.06. The Morgan fingerprint density at radius 1 is 1.35 bits per heavy atom. The highest BCUT2D eigenvalue weighted by Gasteiger charge is 2.35. The highest BCUT2D eigenvalue weighted by molar-refractivity contribution is 5.92. The zero-order valence-corrected chi connectivity index (χ0v) is 13.8. The monoisotopic (exact) mass is 374 g/mol. The number of alkyl halides is 3. The maximum absolute atomic E-state index is 12.7. The minimum atomic E-state index is -4.53. The molecular weight excluding hydrogens is 357 g/mol. The fraction of sp³-hybridized carbons (Fsp3) is 0.438. The van der Waals surface area contributed by atoms with E-state index in [-0.39, 0.29) is 25.3 Å². The molecule has 1 saturated heterocycles. The predicted octanol–water partition coefficient (Wildman–Crippen LogP) is 0.974. The van der Waals surface area contributed by atoms with Crippen LogP contribution >= 0.6 is 0 Å². The molecular formula is C16H17F3N2O5. The number of amides is 2. The van der Waals surface area contributed by atoms with Gasteiger partial charge in [-0.2, -0.15) is 13.2 Å². The molecule has 1 fully saturated rings. The van der Waals surface area contributed by atoms with E-state index in [0.29, 0.717) is 0 Å². The van der Waals surface area contributed by atoms with Crippen LogP contribution in [0.2, 0.25) is 0 Å². The maximum Gasteiger partial charge on any atom is 0.416 e. The molecule has 0 aromatic heterocycles. The molecule has 1 aliphatic heterocycles. The van der Waals surface area contributed by atoms with Crippen molar-refractivity contribution >= 4 is 17.8 Å². The van der Waals surface area contributed by atoms with Gasteiger partial charge in [0.05, 0.1) is 19.1 Å². The van der Waals surface area contributed by atoms with Crippen LogP contribution in [-0.4, -0.2) is 55.5 Å². The van der Waals surface area contributed by atoms with Crippen molar-refractivity contribution in [1.29, 1.82) is 0 Å². The summed E-state index contributed by atoms with van der Waals surface area (Å²) in [5.41, 5.74) is -0.900. The Morgan fingerprint density at radius 3 is 2.73 bits per heavy atom. The smallest absolute Gasteiger partial charge is 0.416 e. The van der Waals surface area contributed by atoms with Gasteiger partial charge in [0.15, 0.2) is 6.61 Å². The van der Waals surface area contributed by atoms with Crippen molar-refractivity contribution in [2.75, 3.05) is 26.8 Å². The van der Waals surface area contributed by atoms with Gasteiger partial charge >= 0.3 is 12.1 Å². The lowest BCUT2D eigenvalue weighted by molar-refractivity contribution is -0.151. The predicted molar refractivity (Wildman–Crippen MR) is 82.1 cm³/mol. The molecule has 2 rings (SSSR count). The van der Waals surface area contributed by atoms with E-state index in [0.717, 1.165) is 30.2 Å². The zero-order valence-electron chi connectivity index (χ0n) is 13.8. The number of hydrogen-bond acceptors (Lipinski definition) is 5. The molecule has 1 atom stereocenters. The zero-order chi connectivity index (χ0) is 19.3. The summed E-state index contributed by atoms with van der Waals surface area (Å²) in [6.45, 7) is -0.212. The number of carbonyl (C=O) groups excluding carboxylic acids is 3. The van der Waals surface area contributed by atoms with Crippen LogP contribution in [0.25, 0.3) is 0 Å². The second-order valence-electron chi connectivity index (χ2n) is 5.49.